The van der Waals surface area contributed by atoms with Crippen molar-refractivity contribution in [3.8, 4) is 0 Å². The van der Waals surface area contributed by atoms with E-state index in [1.54, 1.807) is 0 Å². The van der Waals surface area contributed by atoms with Crippen molar-refractivity contribution in [3.05, 3.63) is 257 Å². The minimum atomic E-state index is -1.49. The number of hydrogen-bond donors (Lipinski definition) is 0. The molecule has 0 unspecified atom stereocenters. The van der Waals surface area contributed by atoms with Crippen LogP contribution in [0.1, 0.15) is 51.9 Å². The molecule has 2 bridgehead atoms. The molecule has 21 nitrogen and oxygen atoms in total. The lowest BCUT2D eigenvalue weighted by Crippen LogP contribution is -2.62. The van der Waals surface area contributed by atoms with Crippen LogP contribution in [0.15, 0.2) is 202 Å². The highest BCUT2D eigenvalue weighted by atomic mass is 16.8. The maximum Gasteiger partial charge on any atom is 0.347 e. The molecule has 6 aromatic carbocycles. The third-order valence-corrected chi connectivity index (χ3v) is 15.5. The molecule has 1 aromatic heterocycles. The van der Waals surface area contributed by atoms with Gasteiger partial charge in [0.2, 0.25) is 0 Å². The number of aromatic nitrogens is 3. The van der Waals surface area contributed by atoms with Gasteiger partial charge in [0.25, 0.3) is 0 Å². The zero-order chi connectivity index (χ0) is 56.9. The average Bonchev–Trinajstić information content (AvgIpc) is 1.87. The van der Waals surface area contributed by atoms with E-state index in [0.717, 1.165) is 37.9 Å². The van der Waals surface area contributed by atoms with Crippen LogP contribution in [0.3, 0.4) is 0 Å². The summed E-state index contributed by atoms with van der Waals surface area (Å²) in [6.07, 6.45) is -11.6. The third-order valence-electron chi connectivity index (χ3n) is 15.5. The van der Waals surface area contributed by atoms with Crippen LogP contribution in [0.4, 0.5) is 0 Å². The summed E-state index contributed by atoms with van der Waals surface area (Å²) in [5, 5.41) is 8.29. The van der Waals surface area contributed by atoms with Gasteiger partial charge in [-0.2, -0.15) is 0 Å². The SMILES string of the molecule is Cn1c(=O)n2n(c1=O)[C@H]1C[C@@H]2[C@H](OCc2ccccc2)[C@@H](O[C@@H]2O[C@H](COCc3ccccc3)[C@@H](OCc3ccccc3)[C@H]2OCc2ccccc2)[C@@H]1O[C@@H]1O[C@@H](CN=[N+]=[N-])[C@H](OCc2ccccc2)[C@@H](OCc2ccccc2)[C@@H]1N=[N+]=[N-]. The van der Waals surface area contributed by atoms with Crippen molar-refractivity contribution < 1.29 is 47.4 Å². The summed E-state index contributed by atoms with van der Waals surface area (Å²) in [7, 11) is 1.42. The molecule has 0 N–H and O–H groups in total. The first-order valence-corrected chi connectivity index (χ1v) is 27.8. The predicted molar refractivity (Wildman–Crippen MR) is 302 cm³/mol. The monoisotopic (exact) mass is 1130 g/mol. The van der Waals surface area contributed by atoms with Crippen molar-refractivity contribution in [2.45, 2.75) is 132 Å². The summed E-state index contributed by atoms with van der Waals surface area (Å²) in [5.41, 5.74) is 24.3. The maximum atomic E-state index is 14.5. The van der Waals surface area contributed by atoms with Crippen molar-refractivity contribution in [2.75, 3.05) is 13.2 Å². The van der Waals surface area contributed by atoms with Gasteiger partial charge in [0, 0.05) is 16.9 Å². The van der Waals surface area contributed by atoms with E-state index in [2.05, 4.69) is 20.1 Å². The molecule has 0 spiro atoms. The molecule has 2 saturated heterocycles. The second-order valence-corrected chi connectivity index (χ2v) is 20.9. The topological polar surface area (TPSA) is 239 Å². The maximum absolute atomic E-state index is 14.5. The molecule has 5 heterocycles. The lowest BCUT2D eigenvalue weighted by Gasteiger charge is -2.48. The largest absolute Gasteiger partial charge is 0.374 e. The van der Waals surface area contributed by atoms with E-state index in [1.807, 2.05) is 182 Å². The van der Waals surface area contributed by atoms with E-state index < -0.39 is 97.0 Å². The number of azide groups is 2. The van der Waals surface area contributed by atoms with Crippen molar-refractivity contribution in [2.24, 2.45) is 17.3 Å². The average molecular weight is 1130 g/mol. The van der Waals surface area contributed by atoms with Crippen LogP contribution >= 0.6 is 0 Å². The first-order chi connectivity index (χ1) is 40.8. The van der Waals surface area contributed by atoms with E-state index in [9.17, 15) is 20.7 Å². The summed E-state index contributed by atoms with van der Waals surface area (Å²) >= 11 is 0. The van der Waals surface area contributed by atoms with E-state index in [0.29, 0.717) is 0 Å². The summed E-state index contributed by atoms with van der Waals surface area (Å²) in [4.78, 5) is 35.3. The first kappa shape index (κ1) is 57.1. The molecule has 7 aromatic rings. The van der Waals surface area contributed by atoms with Crippen LogP contribution in [0.5, 0.6) is 0 Å². The summed E-state index contributed by atoms with van der Waals surface area (Å²) in [6, 6.07) is 54.8. The van der Waals surface area contributed by atoms with E-state index in [-0.39, 0.29) is 59.2 Å². The molecular formula is C62H65N9O12. The molecule has 14 atom stereocenters. The van der Waals surface area contributed by atoms with Crippen LogP contribution in [0.25, 0.3) is 20.9 Å². The van der Waals surface area contributed by atoms with Crippen LogP contribution in [0, 0.1) is 0 Å². The lowest BCUT2D eigenvalue weighted by atomic mass is 9.84. The minimum Gasteiger partial charge on any atom is -0.374 e. The molecule has 2 fully saturated rings. The number of nitrogens with zero attached hydrogens (tertiary/aromatic N) is 9. The minimum absolute atomic E-state index is 0.0583. The number of rotatable bonds is 26. The van der Waals surface area contributed by atoms with Gasteiger partial charge < -0.3 is 47.4 Å². The number of ether oxygens (including phenoxy) is 10. The van der Waals surface area contributed by atoms with Gasteiger partial charge in [-0.15, -0.1) is 0 Å². The molecule has 83 heavy (non-hydrogen) atoms. The smallest absolute Gasteiger partial charge is 0.347 e. The molecule has 0 radical (unpaired) electrons. The van der Waals surface area contributed by atoms with Gasteiger partial charge in [0.15, 0.2) is 12.6 Å². The van der Waals surface area contributed by atoms with Gasteiger partial charge in [0.1, 0.15) is 54.9 Å². The standard InChI is InChI=1S/C62H65N9O12/c1-69-61(72)70-47-32-48(71(70)62(69)73)53(82-59-51(66-68-64)56(78-38-45-28-16-6-17-29-45)54(49(80-59)33-65-67-63)76-36-43-24-12-4-13-25-43)57(52(47)75-35-42-22-10-3-11-23-42)83-60-58(79-39-46-30-18-7-19-31-46)55(77-37-44-26-14-5-15-27-44)50(81-60)40-74-34-41-20-8-2-9-21-41/h2-31,47-60H,32-40H2,1H3/t47-,48+,49+,50-,51+,52+,53-,54+,55-,56+,57-,58-,59+,60+/m1/s1. The van der Waals surface area contributed by atoms with Crippen LogP contribution < -0.4 is 11.4 Å². The third kappa shape index (κ3) is 13.4. The van der Waals surface area contributed by atoms with Gasteiger partial charge in [-0.3, -0.25) is 0 Å². The number of hydrogen-bond acceptors (Lipinski definition) is 14. The molecular weight excluding hydrogens is 1060 g/mol. The van der Waals surface area contributed by atoms with Gasteiger partial charge in [-0.05, 0) is 50.9 Å². The molecule has 0 amide bonds. The molecule has 21 heteroatoms. The van der Waals surface area contributed by atoms with E-state index in [4.69, 9.17) is 47.4 Å². The summed E-state index contributed by atoms with van der Waals surface area (Å²) in [5.74, 6) is 0. The quantitative estimate of drug-likeness (QED) is 0.0280. The van der Waals surface area contributed by atoms with Crippen LogP contribution in [-0.4, -0.2) is 101 Å². The van der Waals surface area contributed by atoms with Gasteiger partial charge >= 0.3 is 11.4 Å². The van der Waals surface area contributed by atoms with Gasteiger partial charge in [0.05, 0.1) is 71.0 Å². The van der Waals surface area contributed by atoms with Crippen molar-refractivity contribution in [1.29, 1.82) is 0 Å². The molecule has 11 rings (SSSR count). The van der Waals surface area contributed by atoms with Gasteiger partial charge in [-0.1, -0.05) is 192 Å². The highest BCUT2D eigenvalue weighted by molar-refractivity contribution is 5.19. The summed E-state index contributed by atoms with van der Waals surface area (Å²) < 4.78 is 73.2. The van der Waals surface area contributed by atoms with Crippen molar-refractivity contribution >= 4 is 0 Å². The molecule has 4 aliphatic rings. The molecule has 4 aliphatic heterocycles. The molecule has 430 valence electrons. The van der Waals surface area contributed by atoms with Crippen LogP contribution in [0.2, 0.25) is 0 Å². The predicted octanol–water partition coefficient (Wildman–Crippen LogP) is 9.20. The van der Waals surface area contributed by atoms with Crippen molar-refractivity contribution in [3.63, 3.8) is 0 Å². The Morgan fingerprint density at radius 1 is 0.458 bits per heavy atom. The van der Waals surface area contributed by atoms with Crippen molar-refractivity contribution in [1.82, 2.24) is 13.9 Å². The number of benzene rings is 6. The zero-order valence-electron chi connectivity index (χ0n) is 45.7. The Bertz CT molecular complexity index is 3390. The van der Waals surface area contributed by atoms with Gasteiger partial charge in [-0.25, -0.2) is 23.5 Å². The second kappa shape index (κ2) is 27.6. The fourth-order valence-electron chi connectivity index (χ4n) is 11.5. The summed E-state index contributed by atoms with van der Waals surface area (Å²) in [6.45, 7) is 0.691. The first-order valence-electron chi connectivity index (χ1n) is 27.8. The lowest BCUT2D eigenvalue weighted by molar-refractivity contribution is -0.320. The van der Waals surface area contributed by atoms with Crippen LogP contribution in [-0.2, 0) is 94.1 Å². The Hall–Kier alpha value is -7.72. The Morgan fingerprint density at radius 2 is 0.843 bits per heavy atom. The highest BCUT2D eigenvalue weighted by Crippen LogP contribution is 2.47. The zero-order valence-corrected chi connectivity index (χ0v) is 45.7. The van der Waals surface area contributed by atoms with E-state index >= 15 is 0 Å². The Labute approximate surface area is 478 Å². The Kier molecular flexibility index (Phi) is 19.0. The fourth-order valence-corrected chi connectivity index (χ4v) is 11.5. The normalized spacial score (nSPS) is 27.1. The molecule has 0 saturated carbocycles. The Balaban J connectivity index is 1.00. The molecule has 0 aliphatic carbocycles. The fraction of sp³-hybridized carbons (Fsp3) is 0.387. The Morgan fingerprint density at radius 3 is 1.30 bits per heavy atom. The second-order valence-electron chi connectivity index (χ2n) is 20.9. The highest BCUT2D eigenvalue weighted by Gasteiger charge is 2.60. The van der Waals surface area contributed by atoms with E-state index in [1.165, 1.54) is 16.4 Å².